The fraction of sp³-hybridized carbons (Fsp3) is 0.615. The largest absolute Gasteiger partial charge is 0.418 e. The number of alkyl halides is 3. The van der Waals surface area contributed by atoms with E-state index in [0.717, 1.165) is 6.92 Å². The van der Waals surface area contributed by atoms with Crippen molar-refractivity contribution < 1.29 is 17.9 Å². The molecule has 2 rings (SSSR count). The molecular formula is C13H15F3N4O. The van der Waals surface area contributed by atoms with Crippen LogP contribution in [0.5, 0.6) is 0 Å². The van der Waals surface area contributed by atoms with Crippen molar-refractivity contribution in [1.29, 1.82) is 5.26 Å². The van der Waals surface area contributed by atoms with E-state index in [-0.39, 0.29) is 18.1 Å². The Bertz CT molecular complexity index is 582. The molecule has 0 bridgehead atoms. The zero-order valence-electron chi connectivity index (χ0n) is 11.9. The number of hydrogen-bond acceptors (Lipinski definition) is 5. The van der Waals surface area contributed by atoms with E-state index < -0.39 is 23.9 Å². The minimum Gasteiger partial charge on any atom is -0.356 e. The summed E-state index contributed by atoms with van der Waals surface area (Å²) in [6.07, 6.45) is -1.90. The molecule has 1 aromatic heterocycles. The summed E-state index contributed by atoms with van der Waals surface area (Å²) in [7, 11) is 0. The van der Waals surface area contributed by atoms with E-state index in [4.69, 9.17) is 10.00 Å². The molecule has 8 heteroatoms. The average Bonchev–Trinajstić information content (AvgIpc) is 2.35. The first kappa shape index (κ1) is 15.5. The predicted octanol–water partition coefficient (Wildman–Crippen LogP) is 2.28. The highest BCUT2D eigenvalue weighted by Crippen LogP contribution is 2.41. The van der Waals surface area contributed by atoms with E-state index in [0.29, 0.717) is 0 Å². The summed E-state index contributed by atoms with van der Waals surface area (Å²) in [5.41, 5.74) is -3.25. The Labute approximate surface area is 120 Å². The van der Waals surface area contributed by atoms with Gasteiger partial charge < -0.3 is 9.64 Å². The quantitative estimate of drug-likeness (QED) is 0.796. The van der Waals surface area contributed by atoms with Crippen LogP contribution in [0.4, 0.5) is 19.0 Å². The molecule has 0 aromatic carbocycles. The molecule has 114 valence electrons. The molecule has 0 saturated carbocycles. The van der Waals surface area contributed by atoms with Crippen LogP contribution in [0.2, 0.25) is 0 Å². The minimum atomic E-state index is -4.51. The number of halogens is 3. The lowest BCUT2D eigenvalue weighted by Crippen LogP contribution is -2.64. The van der Waals surface area contributed by atoms with Crippen molar-refractivity contribution in [2.75, 3.05) is 18.0 Å². The van der Waals surface area contributed by atoms with Crippen molar-refractivity contribution in [2.45, 2.75) is 38.1 Å². The maximum Gasteiger partial charge on any atom is 0.418 e. The highest BCUT2D eigenvalue weighted by atomic mass is 19.4. The molecule has 1 aliphatic rings. The Morgan fingerprint density at radius 1 is 1.29 bits per heavy atom. The lowest BCUT2D eigenvalue weighted by molar-refractivity contribution is -0.302. The third kappa shape index (κ3) is 3.08. The van der Waals surface area contributed by atoms with Gasteiger partial charge >= 0.3 is 6.18 Å². The molecule has 2 heterocycles. The number of morpholine rings is 1. The first-order valence-electron chi connectivity index (χ1n) is 6.30. The Balaban J connectivity index is 2.38. The second kappa shape index (κ2) is 4.84. The summed E-state index contributed by atoms with van der Waals surface area (Å²) in [4.78, 5) is 9.30. The fourth-order valence-corrected chi connectivity index (χ4v) is 2.43. The lowest BCUT2D eigenvalue weighted by atomic mass is 9.97. The molecule has 1 saturated heterocycles. The van der Waals surface area contributed by atoms with Crippen molar-refractivity contribution in [3.63, 3.8) is 0 Å². The van der Waals surface area contributed by atoms with Gasteiger partial charge in [-0.15, -0.1) is 0 Å². The van der Waals surface area contributed by atoms with E-state index in [1.54, 1.807) is 13.8 Å². The van der Waals surface area contributed by atoms with Crippen molar-refractivity contribution in [3.8, 4) is 6.07 Å². The molecule has 0 aliphatic carbocycles. The number of anilines is 1. The minimum absolute atomic E-state index is 0.0607. The van der Waals surface area contributed by atoms with Crippen LogP contribution < -0.4 is 4.90 Å². The van der Waals surface area contributed by atoms with E-state index in [9.17, 15) is 13.2 Å². The summed E-state index contributed by atoms with van der Waals surface area (Å²) < 4.78 is 45.0. The van der Waals surface area contributed by atoms with E-state index in [2.05, 4.69) is 9.97 Å². The zero-order chi connectivity index (χ0) is 15.9. The van der Waals surface area contributed by atoms with Crippen LogP contribution in [0.25, 0.3) is 0 Å². The fourth-order valence-electron chi connectivity index (χ4n) is 2.43. The van der Waals surface area contributed by atoms with Gasteiger partial charge in [0.25, 0.3) is 0 Å². The number of nitrogens with zero attached hydrogens (tertiary/aromatic N) is 4. The second-order valence-electron chi connectivity index (χ2n) is 5.82. The van der Waals surface area contributed by atoms with Gasteiger partial charge in [0.05, 0.1) is 24.5 Å². The Morgan fingerprint density at radius 3 is 2.52 bits per heavy atom. The van der Waals surface area contributed by atoms with Gasteiger partial charge in [-0.1, -0.05) is 0 Å². The SMILES string of the molecule is CC1(C)CN(c2cncc(C#N)n2)C[C@@](C)(C(F)(F)F)O1. The van der Waals surface area contributed by atoms with Crippen molar-refractivity contribution in [3.05, 3.63) is 18.1 Å². The van der Waals surface area contributed by atoms with Gasteiger partial charge in [0.1, 0.15) is 11.9 Å². The monoisotopic (exact) mass is 300 g/mol. The Kier molecular flexibility index (Phi) is 3.58. The van der Waals surface area contributed by atoms with Crippen molar-refractivity contribution >= 4 is 5.82 Å². The standard InChI is InChI=1S/C13H15F3N4O/c1-11(2)7-20(8-12(3,21-11)13(14,15)16)10-6-18-5-9(4-17)19-10/h5-6H,7-8H2,1-3H3/t12-/m0/s1. The Morgan fingerprint density at radius 2 is 1.95 bits per heavy atom. The lowest BCUT2D eigenvalue weighted by Gasteiger charge is -2.49. The van der Waals surface area contributed by atoms with Crippen LogP contribution in [-0.4, -0.2) is 40.4 Å². The van der Waals surface area contributed by atoms with Gasteiger partial charge in [-0.3, -0.25) is 4.98 Å². The first-order valence-corrected chi connectivity index (χ1v) is 6.30. The summed E-state index contributed by atoms with van der Waals surface area (Å²) >= 11 is 0. The van der Waals surface area contributed by atoms with Crippen LogP contribution in [0, 0.1) is 11.3 Å². The second-order valence-corrected chi connectivity index (χ2v) is 5.82. The van der Waals surface area contributed by atoms with Gasteiger partial charge in [-0.2, -0.15) is 18.4 Å². The first-order chi connectivity index (χ1) is 9.56. The van der Waals surface area contributed by atoms with Gasteiger partial charge in [0, 0.05) is 6.54 Å². The van der Waals surface area contributed by atoms with E-state index in [1.807, 2.05) is 6.07 Å². The summed E-state index contributed by atoms with van der Waals surface area (Å²) in [6, 6.07) is 1.82. The average molecular weight is 300 g/mol. The molecule has 1 aromatic rings. The maximum atomic E-state index is 13.3. The number of ether oxygens (including phenoxy) is 1. The van der Waals surface area contributed by atoms with Gasteiger partial charge in [-0.25, -0.2) is 4.98 Å². The predicted molar refractivity (Wildman–Crippen MR) is 68.6 cm³/mol. The van der Waals surface area contributed by atoms with Gasteiger partial charge in [0.2, 0.25) is 0 Å². The number of aromatic nitrogens is 2. The maximum absolute atomic E-state index is 13.3. The summed E-state index contributed by atoms with van der Waals surface area (Å²) in [6.45, 7) is 4.02. The molecule has 0 radical (unpaired) electrons. The van der Waals surface area contributed by atoms with Crippen LogP contribution in [-0.2, 0) is 4.74 Å². The van der Waals surface area contributed by atoms with E-state index >= 15 is 0 Å². The smallest absolute Gasteiger partial charge is 0.356 e. The third-order valence-electron chi connectivity index (χ3n) is 3.23. The van der Waals surface area contributed by atoms with Crippen LogP contribution in [0.15, 0.2) is 12.4 Å². The van der Waals surface area contributed by atoms with Gasteiger partial charge in [-0.05, 0) is 20.8 Å². The molecule has 21 heavy (non-hydrogen) atoms. The molecule has 0 amide bonds. The molecule has 5 nitrogen and oxygen atoms in total. The molecule has 0 spiro atoms. The normalized spacial score (nSPS) is 25.5. The van der Waals surface area contributed by atoms with Crippen LogP contribution in [0.1, 0.15) is 26.5 Å². The summed E-state index contributed by atoms with van der Waals surface area (Å²) in [5, 5.41) is 8.82. The zero-order valence-corrected chi connectivity index (χ0v) is 11.9. The number of rotatable bonds is 1. The van der Waals surface area contributed by atoms with Gasteiger partial charge in [0.15, 0.2) is 11.3 Å². The number of hydrogen-bond donors (Lipinski definition) is 0. The molecular weight excluding hydrogens is 285 g/mol. The summed E-state index contributed by atoms with van der Waals surface area (Å²) in [5.74, 6) is 0.237. The van der Waals surface area contributed by atoms with E-state index in [1.165, 1.54) is 17.3 Å². The van der Waals surface area contributed by atoms with Crippen LogP contribution in [0.3, 0.4) is 0 Å². The molecule has 1 aliphatic heterocycles. The Hall–Kier alpha value is -1.88. The molecule has 0 unspecified atom stereocenters. The number of nitriles is 1. The van der Waals surface area contributed by atoms with Crippen molar-refractivity contribution in [2.24, 2.45) is 0 Å². The molecule has 1 atom stereocenters. The highest BCUT2D eigenvalue weighted by Gasteiger charge is 2.58. The molecule has 0 N–H and O–H groups in total. The molecule has 1 fully saturated rings. The topological polar surface area (TPSA) is 62.0 Å². The highest BCUT2D eigenvalue weighted by molar-refractivity contribution is 5.40. The third-order valence-corrected chi connectivity index (χ3v) is 3.23. The van der Waals surface area contributed by atoms with Crippen molar-refractivity contribution in [1.82, 2.24) is 9.97 Å². The van der Waals surface area contributed by atoms with Crippen LogP contribution >= 0.6 is 0 Å².